The summed E-state index contributed by atoms with van der Waals surface area (Å²) in [6, 6.07) is 10.9. The number of thioether (sulfide) groups is 1. The summed E-state index contributed by atoms with van der Waals surface area (Å²) in [4.78, 5) is 26.5. The zero-order valence-electron chi connectivity index (χ0n) is 18.2. The van der Waals surface area contributed by atoms with E-state index in [0.717, 1.165) is 25.7 Å². The van der Waals surface area contributed by atoms with Gasteiger partial charge in [0.05, 0.1) is 30.4 Å². The molecule has 0 N–H and O–H groups in total. The summed E-state index contributed by atoms with van der Waals surface area (Å²) in [6.07, 6.45) is 7.30. The summed E-state index contributed by atoms with van der Waals surface area (Å²) in [5.74, 6) is 0.901. The standard InChI is InChI=1S/C23H26N4O4S/c1-26(18-12-7-6-11-17(18)22(29)30-2)20(28)15-32-23-25-24-21(19-13-8-14-31-19)27(23)16-9-4-3-5-10-16/h6-8,11-14,16H,3-5,9-10,15H2,1-2H3. The molecule has 1 aliphatic carbocycles. The second-order valence-corrected chi connectivity index (χ2v) is 8.64. The molecular weight excluding hydrogens is 428 g/mol. The van der Waals surface area contributed by atoms with E-state index in [1.807, 2.05) is 12.1 Å². The number of amides is 1. The second-order valence-electron chi connectivity index (χ2n) is 7.70. The number of rotatable bonds is 7. The Morgan fingerprint density at radius 2 is 1.94 bits per heavy atom. The number of carbonyl (C=O) groups is 2. The van der Waals surface area contributed by atoms with Crippen LogP contribution in [0.15, 0.2) is 52.2 Å². The molecule has 0 spiro atoms. The van der Waals surface area contributed by atoms with E-state index in [9.17, 15) is 9.59 Å². The van der Waals surface area contributed by atoms with Gasteiger partial charge >= 0.3 is 5.97 Å². The summed E-state index contributed by atoms with van der Waals surface area (Å²) >= 11 is 1.35. The Morgan fingerprint density at radius 1 is 1.16 bits per heavy atom. The van der Waals surface area contributed by atoms with Crippen LogP contribution in [0.3, 0.4) is 0 Å². The number of carbonyl (C=O) groups excluding carboxylic acids is 2. The first-order valence-electron chi connectivity index (χ1n) is 10.7. The van der Waals surface area contributed by atoms with Crippen molar-refractivity contribution < 1.29 is 18.7 Å². The Morgan fingerprint density at radius 3 is 2.66 bits per heavy atom. The Hall–Kier alpha value is -3.07. The first-order valence-corrected chi connectivity index (χ1v) is 11.6. The van der Waals surface area contributed by atoms with Gasteiger partial charge in [-0.2, -0.15) is 0 Å². The number of ether oxygens (including phenoxy) is 1. The minimum atomic E-state index is -0.479. The molecule has 9 heteroatoms. The SMILES string of the molecule is COC(=O)c1ccccc1N(C)C(=O)CSc1nnc(-c2ccco2)n1C1CCCCC1. The number of methoxy groups -OCH3 is 1. The van der Waals surface area contributed by atoms with Crippen molar-refractivity contribution in [3.8, 4) is 11.6 Å². The molecule has 168 valence electrons. The van der Waals surface area contributed by atoms with Crippen LogP contribution < -0.4 is 4.90 Å². The van der Waals surface area contributed by atoms with Gasteiger partial charge in [0.1, 0.15) is 0 Å². The van der Waals surface area contributed by atoms with E-state index in [2.05, 4.69) is 14.8 Å². The molecule has 0 bridgehead atoms. The van der Waals surface area contributed by atoms with Gasteiger partial charge < -0.3 is 14.1 Å². The molecule has 0 radical (unpaired) electrons. The molecular formula is C23H26N4O4S. The monoisotopic (exact) mass is 454 g/mol. The summed E-state index contributed by atoms with van der Waals surface area (Å²) in [5.41, 5.74) is 0.858. The molecule has 1 aliphatic rings. The summed E-state index contributed by atoms with van der Waals surface area (Å²) in [7, 11) is 2.98. The van der Waals surface area contributed by atoms with E-state index in [1.54, 1.807) is 37.6 Å². The molecule has 0 atom stereocenters. The molecule has 2 heterocycles. The summed E-state index contributed by atoms with van der Waals surface area (Å²) in [5, 5.41) is 9.46. The van der Waals surface area contributed by atoms with Crippen LogP contribution in [0.25, 0.3) is 11.6 Å². The molecule has 32 heavy (non-hydrogen) atoms. The maximum atomic E-state index is 13.0. The molecule has 1 saturated carbocycles. The van der Waals surface area contributed by atoms with Gasteiger partial charge in [-0.3, -0.25) is 9.36 Å². The lowest BCUT2D eigenvalue weighted by Gasteiger charge is -2.25. The van der Waals surface area contributed by atoms with Gasteiger partial charge in [0, 0.05) is 13.1 Å². The molecule has 1 aromatic carbocycles. The third-order valence-electron chi connectivity index (χ3n) is 5.72. The van der Waals surface area contributed by atoms with Crippen molar-refractivity contribution in [3.63, 3.8) is 0 Å². The minimum Gasteiger partial charge on any atom is -0.465 e. The van der Waals surface area contributed by atoms with Crippen LogP contribution >= 0.6 is 11.8 Å². The maximum absolute atomic E-state index is 13.0. The lowest BCUT2D eigenvalue weighted by molar-refractivity contribution is -0.115. The molecule has 4 rings (SSSR count). The maximum Gasteiger partial charge on any atom is 0.339 e. The van der Waals surface area contributed by atoms with Gasteiger partial charge in [-0.25, -0.2) is 4.79 Å². The van der Waals surface area contributed by atoms with Gasteiger partial charge in [-0.05, 0) is 37.1 Å². The van der Waals surface area contributed by atoms with Gasteiger partial charge in [-0.15, -0.1) is 10.2 Å². The molecule has 0 aliphatic heterocycles. The molecule has 0 saturated heterocycles. The highest BCUT2D eigenvalue weighted by Gasteiger charge is 2.26. The van der Waals surface area contributed by atoms with Crippen molar-refractivity contribution >= 4 is 29.3 Å². The number of hydrogen-bond acceptors (Lipinski definition) is 7. The third kappa shape index (κ3) is 4.57. The van der Waals surface area contributed by atoms with Crippen LogP contribution in [0.4, 0.5) is 5.69 Å². The normalized spacial score (nSPS) is 14.3. The molecule has 0 unspecified atom stereocenters. The second kappa shape index (κ2) is 10.0. The molecule has 3 aromatic rings. The topological polar surface area (TPSA) is 90.5 Å². The van der Waals surface area contributed by atoms with E-state index in [-0.39, 0.29) is 17.7 Å². The largest absolute Gasteiger partial charge is 0.465 e. The number of esters is 1. The number of aromatic nitrogens is 3. The van der Waals surface area contributed by atoms with Crippen LogP contribution in [-0.4, -0.2) is 46.6 Å². The highest BCUT2D eigenvalue weighted by atomic mass is 32.2. The highest BCUT2D eigenvalue weighted by Crippen LogP contribution is 2.36. The number of benzene rings is 1. The lowest BCUT2D eigenvalue weighted by atomic mass is 9.95. The van der Waals surface area contributed by atoms with Crippen molar-refractivity contribution in [2.45, 2.75) is 43.3 Å². The van der Waals surface area contributed by atoms with E-state index in [0.29, 0.717) is 28.0 Å². The zero-order chi connectivity index (χ0) is 22.5. The van der Waals surface area contributed by atoms with Crippen LogP contribution in [0, 0.1) is 0 Å². The zero-order valence-corrected chi connectivity index (χ0v) is 19.0. The van der Waals surface area contributed by atoms with Crippen molar-refractivity contribution in [2.24, 2.45) is 0 Å². The van der Waals surface area contributed by atoms with Gasteiger partial charge in [0.15, 0.2) is 10.9 Å². The average Bonchev–Trinajstić information content (AvgIpc) is 3.52. The lowest BCUT2D eigenvalue weighted by Crippen LogP contribution is -2.29. The molecule has 1 amide bonds. The number of para-hydroxylation sites is 1. The van der Waals surface area contributed by atoms with Crippen LogP contribution in [-0.2, 0) is 9.53 Å². The van der Waals surface area contributed by atoms with Gasteiger partial charge in [0.25, 0.3) is 0 Å². The molecule has 8 nitrogen and oxygen atoms in total. The molecule has 1 fully saturated rings. The van der Waals surface area contributed by atoms with Crippen LogP contribution in [0.5, 0.6) is 0 Å². The van der Waals surface area contributed by atoms with Crippen molar-refractivity contribution in [3.05, 3.63) is 48.2 Å². The average molecular weight is 455 g/mol. The Bertz CT molecular complexity index is 1070. The highest BCUT2D eigenvalue weighted by molar-refractivity contribution is 7.99. The number of nitrogens with zero attached hydrogens (tertiary/aromatic N) is 4. The Balaban J connectivity index is 1.54. The fourth-order valence-electron chi connectivity index (χ4n) is 4.02. The fourth-order valence-corrected chi connectivity index (χ4v) is 4.94. The predicted octanol–water partition coefficient (Wildman–Crippen LogP) is 4.59. The fraction of sp³-hybridized carbons (Fsp3) is 0.391. The Kier molecular flexibility index (Phi) is 6.94. The van der Waals surface area contributed by atoms with Gasteiger partial charge in [-0.1, -0.05) is 43.2 Å². The summed E-state index contributed by atoms with van der Waals surface area (Å²) in [6.45, 7) is 0. The smallest absolute Gasteiger partial charge is 0.339 e. The quantitative estimate of drug-likeness (QED) is 0.381. The molecule has 2 aromatic heterocycles. The van der Waals surface area contributed by atoms with Crippen molar-refractivity contribution in [1.29, 1.82) is 0 Å². The van der Waals surface area contributed by atoms with Crippen LogP contribution in [0.1, 0.15) is 48.5 Å². The first kappa shape index (κ1) is 22.1. The van der Waals surface area contributed by atoms with E-state index >= 15 is 0 Å². The number of anilines is 1. The van der Waals surface area contributed by atoms with Crippen molar-refractivity contribution in [2.75, 3.05) is 24.8 Å². The first-order chi connectivity index (χ1) is 15.6. The minimum absolute atomic E-state index is 0.149. The Labute approximate surface area is 190 Å². The predicted molar refractivity (Wildman–Crippen MR) is 122 cm³/mol. The summed E-state index contributed by atoms with van der Waals surface area (Å²) < 4.78 is 12.5. The third-order valence-corrected chi connectivity index (χ3v) is 6.64. The van der Waals surface area contributed by atoms with Crippen molar-refractivity contribution in [1.82, 2.24) is 14.8 Å². The number of furan rings is 1. The van der Waals surface area contributed by atoms with E-state index in [4.69, 9.17) is 9.15 Å². The van der Waals surface area contributed by atoms with Gasteiger partial charge in [0.2, 0.25) is 11.7 Å². The van der Waals surface area contributed by atoms with Crippen LogP contribution in [0.2, 0.25) is 0 Å². The number of hydrogen-bond donors (Lipinski definition) is 0. The van der Waals surface area contributed by atoms with E-state index in [1.165, 1.54) is 30.2 Å². The van der Waals surface area contributed by atoms with E-state index < -0.39 is 5.97 Å².